The van der Waals surface area contributed by atoms with Crippen LogP contribution in [0.5, 0.6) is 0 Å². The molecule has 4 N–H and O–H groups in total. The van der Waals surface area contributed by atoms with E-state index in [2.05, 4.69) is 0 Å². The zero-order valence-electron chi connectivity index (χ0n) is 5.08. The summed E-state index contributed by atoms with van der Waals surface area (Å²) in [4.78, 5) is 8.29. The Hall–Kier alpha value is 0.110. The van der Waals surface area contributed by atoms with Crippen molar-refractivity contribution in [3.05, 3.63) is 0 Å². The second-order valence-electron chi connectivity index (χ2n) is 1.82. The molecule has 0 aliphatic rings. The summed E-state index contributed by atoms with van der Waals surface area (Å²) >= 11 is 0. The Bertz CT molecular complexity index is 97.8. The molecule has 0 aromatic carbocycles. The standard InChI is InChI=1S/C4H12NO3P/c5-3-4(6)1-2-9(7)8/h4,6,9H,1-3,5H2,(H,7,8). The summed E-state index contributed by atoms with van der Waals surface area (Å²) in [5, 5.41) is 8.75. The van der Waals surface area contributed by atoms with Crippen LogP contribution in [0.15, 0.2) is 0 Å². The number of nitrogens with two attached hydrogens (primary N) is 1. The molecule has 0 spiro atoms. The summed E-state index contributed by atoms with van der Waals surface area (Å²) in [5.41, 5.74) is 5.04. The van der Waals surface area contributed by atoms with Gasteiger partial charge in [-0.15, -0.1) is 0 Å². The van der Waals surface area contributed by atoms with Gasteiger partial charge in [0.05, 0.1) is 6.10 Å². The highest BCUT2D eigenvalue weighted by Gasteiger charge is 2.01. The van der Waals surface area contributed by atoms with Crippen molar-refractivity contribution in [3.63, 3.8) is 0 Å². The van der Waals surface area contributed by atoms with Crippen molar-refractivity contribution < 1.29 is 14.6 Å². The summed E-state index contributed by atoms with van der Waals surface area (Å²) in [6.45, 7) is 0.162. The molecular formula is C4H12NO3P. The zero-order valence-corrected chi connectivity index (χ0v) is 6.08. The van der Waals surface area contributed by atoms with E-state index in [1.807, 2.05) is 0 Å². The molecule has 0 amide bonds. The van der Waals surface area contributed by atoms with Crippen LogP contribution < -0.4 is 5.73 Å². The fourth-order valence-electron chi connectivity index (χ4n) is 0.408. The molecule has 5 heteroatoms. The smallest absolute Gasteiger partial charge is 0.189 e. The second kappa shape index (κ2) is 4.94. The van der Waals surface area contributed by atoms with Gasteiger partial charge in [0.15, 0.2) is 8.03 Å². The Morgan fingerprint density at radius 3 is 2.56 bits per heavy atom. The van der Waals surface area contributed by atoms with Gasteiger partial charge >= 0.3 is 0 Å². The molecule has 0 heterocycles. The fraction of sp³-hybridized carbons (Fsp3) is 1.00. The Kier molecular flexibility index (Phi) is 5.00. The molecule has 0 aromatic heterocycles. The van der Waals surface area contributed by atoms with Crippen molar-refractivity contribution in [1.82, 2.24) is 0 Å². The molecule has 9 heavy (non-hydrogen) atoms. The van der Waals surface area contributed by atoms with Crippen LogP contribution in [0, 0.1) is 0 Å². The lowest BCUT2D eigenvalue weighted by atomic mass is 10.3. The van der Waals surface area contributed by atoms with Gasteiger partial charge in [-0.1, -0.05) is 0 Å². The average molecular weight is 153 g/mol. The molecular weight excluding hydrogens is 141 g/mol. The van der Waals surface area contributed by atoms with Crippen molar-refractivity contribution in [3.8, 4) is 0 Å². The molecule has 2 unspecified atom stereocenters. The first-order valence-corrected chi connectivity index (χ1v) is 4.33. The van der Waals surface area contributed by atoms with Crippen molar-refractivity contribution >= 4 is 8.03 Å². The second-order valence-corrected chi connectivity index (χ2v) is 3.11. The minimum atomic E-state index is -2.41. The quantitative estimate of drug-likeness (QED) is 0.460. The van der Waals surface area contributed by atoms with Gasteiger partial charge in [0.25, 0.3) is 0 Å². The summed E-state index contributed by atoms with van der Waals surface area (Å²) in [7, 11) is -2.41. The van der Waals surface area contributed by atoms with Gasteiger partial charge < -0.3 is 15.7 Å². The van der Waals surface area contributed by atoms with Gasteiger partial charge in [0.2, 0.25) is 0 Å². The van der Waals surface area contributed by atoms with E-state index in [1.54, 1.807) is 0 Å². The lowest BCUT2D eigenvalue weighted by Gasteiger charge is -2.03. The normalized spacial score (nSPS) is 17.2. The van der Waals surface area contributed by atoms with Crippen molar-refractivity contribution in [2.24, 2.45) is 5.73 Å². The Morgan fingerprint density at radius 1 is 1.67 bits per heavy atom. The van der Waals surface area contributed by atoms with Crippen LogP contribution in [0.4, 0.5) is 0 Å². The minimum Gasteiger partial charge on any atom is -0.392 e. The molecule has 0 saturated carbocycles. The molecule has 0 saturated heterocycles. The molecule has 0 radical (unpaired) electrons. The average Bonchev–Trinajstić information content (AvgIpc) is 1.83. The Labute approximate surface area is 54.6 Å². The highest BCUT2D eigenvalue weighted by Crippen LogP contribution is 2.14. The first kappa shape index (κ1) is 9.11. The SMILES string of the molecule is NCC(O)CC[PH](=O)O. The summed E-state index contributed by atoms with van der Waals surface area (Å²) < 4.78 is 10.1. The van der Waals surface area contributed by atoms with Crippen LogP contribution >= 0.6 is 8.03 Å². The molecule has 4 nitrogen and oxygen atoms in total. The van der Waals surface area contributed by atoms with E-state index in [0.717, 1.165) is 0 Å². The topological polar surface area (TPSA) is 83.5 Å². The maximum atomic E-state index is 10.1. The van der Waals surface area contributed by atoms with E-state index >= 15 is 0 Å². The number of aliphatic hydroxyl groups is 1. The maximum absolute atomic E-state index is 10.1. The first-order valence-electron chi connectivity index (χ1n) is 2.76. The molecule has 0 aliphatic heterocycles. The van der Waals surface area contributed by atoms with Crippen LogP contribution in [0.3, 0.4) is 0 Å². The van der Waals surface area contributed by atoms with Gasteiger partial charge in [-0.2, -0.15) is 0 Å². The van der Waals surface area contributed by atoms with E-state index in [9.17, 15) is 4.57 Å². The van der Waals surface area contributed by atoms with Crippen LogP contribution in [0.2, 0.25) is 0 Å². The van der Waals surface area contributed by atoms with Crippen LogP contribution in [-0.4, -0.2) is 28.8 Å². The predicted octanol–water partition coefficient (Wildman–Crippen LogP) is -0.837. The van der Waals surface area contributed by atoms with Crippen molar-refractivity contribution in [2.45, 2.75) is 12.5 Å². The highest BCUT2D eigenvalue weighted by molar-refractivity contribution is 7.37. The van der Waals surface area contributed by atoms with E-state index in [1.165, 1.54) is 0 Å². The predicted molar refractivity (Wildman–Crippen MR) is 35.8 cm³/mol. The maximum Gasteiger partial charge on any atom is 0.189 e. The summed E-state index contributed by atoms with van der Waals surface area (Å²) in [6.07, 6.45) is -0.125. The lowest BCUT2D eigenvalue weighted by molar-refractivity contribution is 0.179. The van der Waals surface area contributed by atoms with Gasteiger partial charge in [0, 0.05) is 12.7 Å². The van der Waals surface area contributed by atoms with Crippen LogP contribution in [0.1, 0.15) is 6.42 Å². The van der Waals surface area contributed by atoms with Gasteiger partial charge in [-0.25, -0.2) is 0 Å². The third-order valence-corrected chi connectivity index (χ3v) is 1.68. The Balaban J connectivity index is 3.16. The van der Waals surface area contributed by atoms with E-state index < -0.39 is 14.1 Å². The van der Waals surface area contributed by atoms with Crippen LogP contribution in [0.25, 0.3) is 0 Å². The van der Waals surface area contributed by atoms with Gasteiger partial charge in [-0.05, 0) is 6.42 Å². The molecule has 0 aliphatic carbocycles. The molecule has 0 aromatic rings. The van der Waals surface area contributed by atoms with Crippen LogP contribution in [-0.2, 0) is 4.57 Å². The summed E-state index contributed by atoms with van der Waals surface area (Å²) in [6, 6.07) is 0. The van der Waals surface area contributed by atoms with Crippen molar-refractivity contribution in [2.75, 3.05) is 12.7 Å². The third kappa shape index (κ3) is 5.99. The van der Waals surface area contributed by atoms with Gasteiger partial charge in [-0.3, -0.25) is 4.57 Å². The number of hydrogen-bond acceptors (Lipinski definition) is 3. The molecule has 56 valence electrons. The summed E-state index contributed by atoms with van der Waals surface area (Å²) in [5.74, 6) is 0. The molecule has 0 bridgehead atoms. The molecule has 0 rings (SSSR count). The number of aliphatic hydroxyl groups excluding tert-OH is 1. The first-order chi connectivity index (χ1) is 4.16. The molecule has 2 atom stereocenters. The van der Waals surface area contributed by atoms with Gasteiger partial charge in [0.1, 0.15) is 0 Å². The minimum absolute atomic E-state index is 0.162. The third-order valence-electron chi connectivity index (χ3n) is 0.964. The van der Waals surface area contributed by atoms with E-state index in [-0.39, 0.29) is 12.7 Å². The van der Waals surface area contributed by atoms with E-state index in [4.69, 9.17) is 15.7 Å². The number of hydrogen-bond donors (Lipinski definition) is 3. The highest BCUT2D eigenvalue weighted by atomic mass is 31.1. The Morgan fingerprint density at radius 2 is 2.22 bits per heavy atom. The van der Waals surface area contributed by atoms with Crippen molar-refractivity contribution in [1.29, 1.82) is 0 Å². The van der Waals surface area contributed by atoms with E-state index in [0.29, 0.717) is 6.42 Å². The largest absolute Gasteiger partial charge is 0.392 e. The molecule has 0 fully saturated rings. The zero-order chi connectivity index (χ0) is 7.28. The lowest BCUT2D eigenvalue weighted by Crippen LogP contribution is -2.19. The number of rotatable bonds is 4. The monoisotopic (exact) mass is 153 g/mol. The fourth-order valence-corrected chi connectivity index (χ4v) is 0.988.